The van der Waals surface area contributed by atoms with E-state index in [2.05, 4.69) is 31.7 Å². The lowest BCUT2D eigenvalue weighted by Crippen LogP contribution is -2.19. The van der Waals surface area contributed by atoms with E-state index in [9.17, 15) is 10.1 Å². The van der Waals surface area contributed by atoms with Crippen LogP contribution in [0.25, 0.3) is 10.9 Å². The molecule has 0 amide bonds. The van der Waals surface area contributed by atoms with Gasteiger partial charge in [0, 0.05) is 48.0 Å². The Kier molecular flexibility index (Phi) is 5.75. The molecule has 3 heterocycles. The zero-order chi connectivity index (χ0) is 22.8. The molecule has 0 aliphatic heterocycles. The Morgan fingerprint density at radius 2 is 1.91 bits per heavy atom. The Bertz CT molecular complexity index is 1410. The van der Waals surface area contributed by atoms with Gasteiger partial charge in [-0.2, -0.15) is 5.26 Å². The molecule has 160 valence electrons. The minimum Gasteiger partial charge on any atom is -0.375 e. The van der Waals surface area contributed by atoms with Crippen molar-refractivity contribution in [2.75, 3.05) is 10.6 Å². The van der Waals surface area contributed by atoms with Crippen LogP contribution < -0.4 is 16.2 Å². The number of aromatic nitrogens is 4. The molecule has 8 nitrogen and oxygen atoms in total. The first-order valence-electron chi connectivity index (χ1n) is 9.89. The Hall–Kier alpha value is -3.96. The second-order valence-electron chi connectivity index (χ2n) is 7.37. The maximum absolute atomic E-state index is 12.5. The van der Waals surface area contributed by atoms with Gasteiger partial charge in [0.1, 0.15) is 22.6 Å². The van der Waals surface area contributed by atoms with E-state index in [1.54, 1.807) is 42.2 Å². The van der Waals surface area contributed by atoms with E-state index in [-0.39, 0.29) is 22.3 Å². The molecule has 1 unspecified atom stereocenters. The summed E-state index contributed by atoms with van der Waals surface area (Å²) in [6.45, 7) is 3.74. The number of pyridine rings is 2. The highest BCUT2D eigenvalue weighted by Crippen LogP contribution is 2.31. The second kappa shape index (κ2) is 8.65. The van der Waals surface area contributed by atoms with Crippen LogP contribution in [-0.4, -0.2) is 19.5 Å². The molecule has 0 spiro atoms. The molecule has 9 heteroatoms. The first-order valence-corrected chi connectivity index (χ1v) is 10.3. The minimum atomic E-state index is -0.213. The van der Waals surface area contributed by atoms with Gasteiger partial charge in [-0.05, 0) is 44.2 Å². The third-order valence-electron chi connectivity index (χ3n) is 5.09. The molecule has 4 rings (SSSR count). The highest BCUT2D eigenvalue weighted by Gasteiger charge is 2.14. The molecule has 0 bridgehead atoms. The Morgan fingerprint density at radius 1 is 1.16 bits per heavy atom. The van der Waals surface area contributed by atoms with Gasteiger partial charge in [0.2, 0.25) is 0 Å². The standard InChI is InChI=1S/C23H20ClN7O/c1-13-9-18(17(12-25)22(24)28-13)30-15-5-6-20-16(10-15)19(11-21(32)31(20)3)29-14(2)23-26-7-4-8-27-23/h4-11,14,29H,1-3H3,(H,28,30). The van der Waals surface area contributed by atoms with Gasteiger partial charge in [-0.15, -0.1) is 0 Å². The number of hydrogen-bond acceptors (Lipinski definition) is 7. The zero-order valence-corrected chi connectivity index (χ0v) is 18.5. The number of anilines is 3. The first kappa shape index (κ1) is 21.3. The van der Waals surface area contributed by atoms with Crippen LogP contribution in [0.3, 0.4) is 0 Å². The fourth-order valence-corrected chi connectivity index (χ4v) is 3.76. The van der Waals surface area contributed by atoms with Gasteiger partial charge in [0.05, 0.1) is 17.2 Å². The van der Waals surface area contributed by atoms with E-state index in [1.165, 1.54) is 0 Å². The molecular formula is C23H20ClN7O. The summed E-state index contributed by atoms with van der Waals surface area (Å²) >= 11 is 6.14. The van der Waals surface area contributed by atoms with Crippen LogP contribution in [0.15, 0.2) is 53.6 Å². The molecule has 0 radical (unpaired) electrons. The van der Waals surface area contributed by atoms with Gasteiger partial charge in [-0.25, -0.2) is 15.0 Å². The highest BCUT2D eigenvalue weighted by molar-refractivity contribution is 6.31. The molecule has 32 heavy (non-hydrogen) atoms. The van der Waals surface area contributed by atoms with Crippen molar-refractivity contribution in [1.29, 1.82) is 5.26 Å². The summed E-state index contributed by atoms with van der Waals surface area (Å²) < 4.78 is 1.59. The van der Waals surface area contributed by atoms with Crippen LogP contribution in [0.4, 0.5) is 17.1 Å². The molecular weight excluding hydrogens is 426 g/mol. The number of halogens is 1. The second-order valence-corrected chi connectivity index (χ2v) is 7.73. The third kappa shape index (κ3) is 4.11. The zero-order valence-electron chi connectivity index (χ0n) is 17.7. The quantitative estimate of drug-likeness (QED) is 0.436. The van der Waals surface area contributed by atoms with Gasteiger partial charge in [0.25, 0.3) is 5.56 Å². The summed E-state index contributed by atoms with van der Waals surface area (Å²) in [6, 6.07) is 12.6. The van der Waals surface area contributed by atoms with Gasteiger partial charge in [0.15, 0.2) is 0 Å². The summed E-state index contributed by atoms with van der Waals surface area (Å²) in [5.41, 5.74) is 3.55. The molecule has 0 saturated heterocycles. The van der Waals surface area contributed by atoms with Crippen molar-refractivity contribution in [3.8, 4) is 6.07 Å². The molecule has 0 aliphatic carbocycles. The van der Waals surface area contributed by atoms with Crippen LogP contribution in [0.1, 0.15) is 30.0 Å². The van der Waals surface area contributed by atoms with Crippen molar-refractivity contribution < 1.29 is 0 Å². The van der Waals surface area contributed by atoms with Crippen molar-refractivity contribution in [3.05, 3.63) is 81.4 Å². The average Bonchev–Trinajstić information content (AvgIpc) is 2.77. The van der Waals surface area contributed by atoms with E-state index < -0.39 is 0 Å². The largest absolute Gasteiger partial charge is 0.375 e. The Labute approximate surface area is 189 Å². The van der Waals surface area contributed by atoms with E-state index >= 15 is 0 Å². The average molecular weight is 446 g/mol. The molecule has 1 atom stereocenters. The molecule has 4 aromatic rings. The molecule has 2 N–H and O–H groups in total. The van der Waals surface area contributed by atoms with Crippen LogP contribution in [0.5, 0.6) is 0 Å². The highest BCUT2D eigenvalue weighted by atomic mass is 35.5. The lowest BCUT2D eigenvalue weighted by Gasteiger charge is -2.18. The molecule has 0 fully saturated rings. The fourth-order valence-electron chi connectivity index (χ4n) is 3.49. The number of fused-ring (bicyclic) bond motifs is 1. The van der Waals surface area contributed by atoms with Gasteiger partial charge >= 0.3 is 0 Å². The molecule has 0 aliphatic rings. The van der Waals surface area contributed by atoms with Gasteiger partial charge in [-0.3, -0.25) is 4.79 Å². The summed E-state index contributed by atoms with van der Waals surface area (Å²) in [7, 11) is 1.73. The third-order valence-corrected chi connectivity index (χ3v) is 5.36. The number of nitrogens with one attached hydrogen (secondary N) is 2. The van der Waals surface area contributed by atoms with Crippen LogP contribution >= 0.6 is 11.6 Å². The minimum absolute atomic E-state index is 0.134. The lowest BCUT2D eigenvalue weighted by atomic mass is 10.1. The van der Waals surface area contributed by atoms with Crippen molar-refractivity contribution in [2.24, 2.45) is 7.05 Å². The Morgan fingerprint density at radius 3 is 2.62 bits per heavy atom. The maximum atomic E-state index is 12.5. The van der Waals surface area contributed by atoms with Gasteiger partial charge < -0.3 is 15.2 Å². The summed E-state index contributed by atoms with van der Waals surface area (Å²) in [5.74, 6) is 0.621. The summed E-state index contributed by atoms with van der Waals surface area (Å²) in [6.07, 6.45) is 3.36. The van der Waals surface area contributed by atoms with E-state index in [1.807, 2.05) is 32.0 Å². The number of nitrogens with zero attached hydrogens (tertiary/aromatic N) is 5. The number of rotatable bonds is 5. The number of hydrogen-bond donors (Lipinski definition) is 2. The van der Waals surface area contributed by atoms with Crippen molar-refractivity contribution in [2.45, 2.75) is 19.9 Å². The molecule has 0 saturated carbocycles. The smallest absolute Gasteiger partial charge is 0.252 e. The van der Waals surface area contributed by atoms with Crippen LogP contribution in [0, 0.1) is 18.3 Å². The van der Waals surface area contributed by atoms with Gasteiger partial charge in [-0.1, -0.05) is 11.6 Å². The molecule has 1 aromatic carbocycles. The number of benzene rings is 1. The topological polar surface area (TPSA) is 109 Å². The van der Waals surface area contributed by atoms with Crippen molar-refractivity contribution in [1.82, 2.24) is 19.5 Å². The summed E-state index contributed by atoms with van der Waals surface area (Å²) in [5, 5.41) is 17.1. The number of aryl methyl sites for hydroxylation is 2. The van der Waals surface area contributed by atoms with Crippen molar-refractivity contribution in [3.63, 3.8) is 0 Å². The van der Waals surface area contributed by atoms with E-state index in [0.29, 0.717) is 22.9 Å². The normalized spacial score (nSPS) is 11.7. The van der Waals surface area contributed by atoms with E-state index in [0.717, 1.165) is 16.6 Å². The lowest BCUT2D eigenvalue weighted by molar-refractivity contribution is 0.788. The monoisotopic (exact) mass is 445 g/mol. The predicted octanol–water partition coefficient (Wildman–Crippen LogP) is 4.47. The Balaban J connectivity index is 1.78. The van der Waals surface area contributed by atoms with Crippen LogP contribution in [0.2, 0.25) is 5.15 Å². The SMILES string of the molecule is Cc1cc(Nc2ccc3c(c2)c(NC(C)c2ncccn2)cc(=O)n3C)c(C#N)c(Cl)n1. The van der Waals surface area contributed by atoms with Crippen LogP contribution in [-0.2, 0) is 7.05 Å². The predicted molar refractivity (Wildman–Crippen MR) is 125 cm³/mol. The summed E-state index contributed by atoms with van der Waals surface area (Å²) in [4.78, 5) is 25.2. The van der Waals surface area contributed by atoms with E-state index in [4.69, 9.17) is 11.6 Å². The number of nitriles is 1. The fraction of sp³-hybridized carbons (Fsp3) is 0.174. The maximum Gasteiger partial charge on any atom is 0.252 e. The first-order chi connectivity index (χ1) is 15.4. The molecule has 3 aromatic heterocycles. The van der Waals surface area contributed by atoms with Crippen molar-refractivity contribution >= 4 is 39.6 Å².